The van der Waals surface area contributed by atoms with Crippen molar-refractivity contribution in [1.29, 1.82) is 0 Å². The van der Waals surface area contributed by atoms with E-state index in [9.17, 15) is 13.2 Å². The maximum Gasteiger partial charge on any atom is 0.416 e. The summed E-state index contributed by atoms with van der Waals surface area (Å²) < 4.78 is 38.6. The van der Waals surface area contributed by atoms with E-state index in [0.717, 1.165) is 101 Å². The van der Waals surface area contributed by atoms with E-state index in [1.165, 1.54) is 23.4 Å². The second kappa shape index (κ2) is 19.7. The molecule has 2 N–H and O–H groups in total. The average Bonchev–Trinajstić information content (AvgIpc) is 3.35. The Hall–Kier alpha value is -7.12. The second-order valence-electron chi connectivity index (χ2n) is 15.9. The molecule has 2 fully saturated rings. The molecule has 65 heavy (non-hydrogen) atoms. The number of aromatic nitrogens is 4. The standard InChI is InChI=1S/C26H24F3N5.C25H24ClN5/c27-26(28,29)20-10-12-21(13-11-20)33-14-16-34(17-15-33)25-31-23-9-5-4-8-22(23)24(32-25)30-18-19-6-2-1-3-7-19;26-20-10-12-21(13-11-20)30-14-16-31(17-15-30)25-28-23-9-5-4-8-22(23)24(29-25)27-18-19-6-2-1-3-7-19/h1-13H,14-18H2,(H,30,31,32);1-13H,14-18H2,(H,27,28,29). The Morgan fingerprint density at radius 1 is 0.431 bits per heavy atom. The fourth-order valence-electron chi connectivity index (χ4n) is 8.09. The summed E-state index contributed by atoms with van der Waals surface area (Å²) >= 11 is 6.03. The number of para-hydroxylation sites is 2. The van der Waals surface area contributed by atoms with E-state index in [1.807, 2.05) is 72.8 Å². The zero-order valence-electron chi connectivity index (χ0n) is 35.7. The van der Waals surface area contributed by atoms with Crippen molar-refractivity contribution in [2.75, 3.05) is 82.6 Å². The molecule has 0 bridgehead atoms. The lowest BCUT2D eigenvalue weighted by atomic mass is 10.1. The summed E-state index contributed by atoms with van der Waals surface area (Å²) in [5.41, 5.74) is 5.58. The van der Waals surface area contributed by atoms with Gasteiger partial charge in [0.2, 0.25) is 11.9 Å². The van der Waals surface area contributed by atoms with Crippen molar-refractivity contribution in [3.8, 4) is 0 Å². The Kier molecular flexibility index (Phi) is 13.1. The minimum atomic E-state index is -4.32. The molecule has 330 valence electrons. The number of nitrogens with one attached hydrogen (secondary N) is 2. The first-order chi connectivity index (χ1) is 31.7. The van der Waals surface area contributed by atoms with E-state index < -0.39 is 11.7 Å². The Bertz CT molecular complexity index is 2800. The maximum atomic E-state index is 12.9. The first-order valence-corrected chi connectivity index (χ1v) is 22.1. The highest BCUT2D eigenvalue weighted by molar-refractivity contribution is 6.30. The summed E-state index contributed by atoms with van der Waals surface area (Å²) in [6, 6.07) is 50.0. The number of halogens is 4. The lowest BCUT2D eigenvalue weighted by Gasteiger charge is -2.36. The van der Waals surface area contributed by atoms with Crippen molar-refractivity contribution < 1.29 is 13.2 Å². The molecule has 0 atom stereocenters. The Morgan fingerprint density at radius 2 is 0.800 bits per heavy atom. The minimum absolute atomic E-state index is 0.630. The van der Waals surface area contributed by atoms with Gasteiger partial charge in [0.1, 0.15) is 11.6 Å². The zero-order chi connectivity index (χ0) is 44.6. The second-order valence-corrected chi connectivity index (χ2v) is 16.4. The molecule has 0 spiro atoms. The summed E-state index contributed by atoms with van der Waals surface area (Å²) in [7, 11) is 0. The van der Waals surface area contributed by atoms with Crippen LogP contribution in [0.25, 0.3) is 21.8 Å². The van der Waals surface area contributed by atoms with Gasteiger partial charge in [-0.1, -0.05) is 96.5 Å². The van der Waals surface area contributed by atoms with Gasteiger partial charge in [0.25, 0.3) is 0 Å². The third kappa shape index (κ3) is 10.6. The summed E-state index contributed by atoms with van der Waals surface area (Å²) in [4.78, 5) is 28.3. The Labute approximate surface area is 381 Å². The number of nitrogens with zero attached hydrogens (tertiary/aromatic N) is 8. The topological polar surface area (TPSA) is 88.6 Å². The van der Waals surface area contributed by atoms with E-state index in [2.05, 4.69) is 90.9 Å². The quantitative estimate of drug-likeness (QED) is 0.138. The SMILES string of the molecule is Clc1ccc(N2CCN(c3nc(NCc4ccccc4)c4ccccc4n3)CC2)cc1.FC(F)(F)c1ccc(N2CCN(c3nc(NCc4ccccc4)c4ccccc4n3)CC2)cc1. The molecule has 2 aliphatic rings. The smallest absolute Gasteiger partial charge is 0.368 e. The third-order valence-corrected chi connectivity index (χ3v) is 11.9. The van der Waals surface area contributed by atoms with Crippen LogP contribution in [0.2, 0.25) is 5.02 Å². The van der Waals surface area contributed by atoms with Crippen LogP contribution in [0.3, 0.4) is 0 Å². The van der Waals surface area contributed by atoms with Crippen molar-refractivity contribution in [3.63, 3.8) is 0 Å². The average molecular weight is 893 g/mol. The first-order valence-electron chi connectivity index (χ1n) is 21.8. The van der Waals surface area contributed by atoms with E-state index >= 15 is 0 Å². The molecule has 2 saturated heterocycles. The van der Waals surface area contributed by atoms with Gasteiger partial charge in [-0.05, 0) is 83.9 Å². The van der Waals surface area contributed by atoms with Crippen LogP contribution >= 0.6 is 11.6 Å². The number of benzene rings is 6. The molecule has 6 aromatic carbocycles. The van der Waals surface area contributed by atoms with Crippen LogP contribution in [0.15, 0.2) is 158 Å². The van der Waals surface area contributed by atoms with E-state index in [1.54, 1.807) is 0 Å². The number of hydrogen-bond donors (Lipinski definition) is 2. The van der Waals surface area contributed by atoms with Crippen LogP contribution in [0, 0.1) is 0 Å². The molecular formula is C51H48ClF3N10. The van der Waals surface area contributed by atoms with Crippen molar-refractivity contribution in [2.45, 2.75) is 19.3 Å². The number of anilines is 6. The van der Waals surface area contributed by atoms with Crippen molar-refractivity contribution in [1.82, 2.24) is 19.9 Å². The highest BCUT2D eigenvalue weighted by Gasteiger charge is 2.30. The molecule has 0 aliphatic carbocycles. The number of fused-ring (bicyclic) bond motifs is 2. The molecule has 0 amide bonds. The maximum absolute atomic E-state index is 12.9. The van der Waals surface area contributed by atoms with E-state index in [0.29, 0.717) is 38.7 Å². The lowest BCUT2D eigenvalue weighted by Crippen LogP contribution is -2.47. The number of piperazine rings is 2. The third-order valence-electron chi connectivity index (χ3n) is 11.7. The van der Waals surface area contributed by atoms with Crippen LogP contribution in [-0.4, -0.2) is 72.3 Å². The van der Waals surface area contributed by atoms with Gasteiger partial charge in [-0.25, -0.2) is 9.97 Å². The van der Waals surface area contributed by atoms with Gasteiger partial charge in [-0.2, -0.15) is 23.1 Å². The fourth-order valence-corrected chi connectivity index (χ4v) is 8.21. The van der Waals surface area contributed by atoms with Crippen LogP contribution in [0.5, 0.6) is 0 Å². The molecule has 0 radical (unpaired) electrons. The zero-order valence-corrected chi connectivity index (χ0v) is 36.4. The van der Waals surface area contributed by atoms with Crippen molar-refractivity contribution in [3.05, 3.63) is 179 Å². The van der Waals surface area contributed by atoms with Crippen LogP contribution in [0.4, 0.5) is 48.1 Å². The number of hydrogen-bond acceptors (Lipinski definition) is 10. The molecule has 10 rings (SSSR count). The molecule has 14 heteroatoms. The molecule has 0 unspecified atom stereocenters. The van der Waals surface area contributed by atoms with Gasteiger partial charge in [0, 0.05) is 92.6 Å². The molecular weight excluding hydrogens is 845 g/mol. The fraction of sp³-hybridized carbons (Fsp3) is 0.216. The number of rotatable bonds is 10. The van der Waals surface area contributed by atoms with Crippen molar-refractivity contribution in [2.24, 2.45) is 0 Å². The normalized spacial score (nSPS) is 14.3. The Balaban J connectivity index is 0.000000165. The highest BCUT2D eigenvalue weighted by atomic mass is 35.5. The molecule has 2 aliphatic heterocycles. The largest absolute Gasteiger partial charge is 0.416 e. The van der Waals surface area contributed by atoms with E-state index in [-0.39, 0.29) is 0 Å². The molecule has 0 saturated carbocycles. The van der Waals surface area contributed by atoms with Crippen molar-refractivity contribution >= 4 is 68.3 Å². The molecule has 4 heterocycles. The molecule has 8 aromatic rings. The number of alkyl halides is 3. The van der Waals surface area contributed by atoms with Gasteiger partial charge in [-0.15, -0.1) is 0 Å². The Morgan fingerprint density at radius 3 is 1.22 bits per heavy atom. The predicted molar refractivity (Wildman–Crippen MR) is 258 cm³/mol. The summed E-state index contributed by atoms with van der Waals surface area (Å²) in [5, 5.41) is 9.75. The summed E-state index contributed by atoms with van der Waals surface area (Å²) in [5.74, 6) is 3.10. The lowest BCUT2D eigenvalue weighted by molar-refractivity contribution is -0.137. The van der Waals surface area contributed by atoms with Gasteiger partial charge >= 0.3 is 6.18 Å². The van der Waals surface area contributed by atoms with E-state index in [4.69, 9.17) is 31.5 Å². The summed E-state index contributed by atoms with van der Waals surface area (Å²) in [6.07, 6.45) is -4.32. The van der Waals surface area contributed by atoms with Gasteiger partial charge in [0.05, 0.1) is 16.6 Å². The van der Waals surface area contributed by atoms with Crippen LogP contribution in [-0.2, 0) is 19.3 Å². The summed E-state index contributed by atoms with van der Waals surface area (Å²) in [6.45, 7) is 7.68. The highest BCUT2D eigenvalue weighted by Crippen LogP contribution is 2.32. The van der Waals surface area contributed by atoms with Crippen LogP contribution < -0.4 is 30.2 Å². The van der Waals surface area contributed by atoms with Crippen LogP contribution in [0.1, 0.15) is 16.7 Å². The van der Waals surface area contributed by atoms with Gasteiger partial charge in [-0.3, -0.25) is 0 Å². The first kappa shape index (κ1) is 43.1. The predicted octanol–water partition coefficient (Wildman–Crippen LogP) is 10.8. The molecule has 2 aromatic heterocycles. The van der Waals surface area contributed by atoms with Gasteiger partial charge in [0.15, 0.2) is 0 Å². The van der Waals surface area contributed by atoms with Gasteiger partial charge < -0.3 is 30.2 Å². The molecule has 10 nitrogen and oxygen atoms in total. The minimum Gasteiger partial charge on any atom is -0.368 e. The monoisotopic (exact) mass is 892 g/mol.